The van der Waals surface area contributed by atoms with E-state index in [9.17, 15) is 4.39 Å². The number of hydrogen-bond donors (Lipinski definition) is 1. The van der Waals surface area contributed by atoms with Gasteiger partial charge in [-0.3, -0.25) is 0 Å². The Kier molecular flexibility index (Phi) is 3.91. The van der Waals surface area contributed by atoms with Crippen LogP contribution in [-0.4, -0.2) is 0 Å². The van der Waals surface area contributed by atoms with Crippen LogP contribution >= 0.6 is 39.1 Å². The van der Waals surface area contributed by atoms with Crippen molar-refractivity contribution in [1.29, 1.82) is 0 Å². The van der Waals surface area contributed by atoms with Gasteiger partial charge in [-0.15, -0.1) is 0 Å². The van der Waals surface area contributed by atoms with Crippen LogP contribution in [0.2, 0.25) is 10.0 Å². The van der Waals surface area contributed by atoms with Crippen molar-refractivity contribution in [3.8, 4) is 0 Å². The molecule has 0 saturated heterocycles. The zero-order valence-electron chi connectivity index (χ0n) is 12.0. The molecule has 4 rings (SSSR count). The molecule has 5 heteroatoms. The van der Waals surface area contributed by atoms with Gasteiger partial charge in [0.15, 0.2) is 0 Å². The van der Waals surface area contributed by atoms with Gasteiger partial charge in [-0.05, 0) is 47.7 Å². The van der Waals surface area contributed by atoms with E-state index < -0.39 is 0 Å². The topological polar surface area (TPSA) is 12.0 Å². The summed E-state index contributed by atoms with van der Waals surface area (Å²) < 4.78 is 15.2. The minimum Gasteiger partial charge on any atom is -0.375 e. The molecule has 2 aliphatic rings. The second-order valence-corrected chi connectivity index (χ2v) is 7.73. The number of benzene rings is 2. The first-order valence-electron chi connectivity index (χ1n) is 7.41. The maximum atomic E-state index is 14.5. The molecule has 0 radical (unpaired) electrons. The van der Waals surface area contributed by atoms with Gasteiger partial charge in [-0.1, -0.05) is 57.4 Å². The average molecular weight is 413 g/mol. The molecule has 2 aromatic carbocycles. The lowest BCUT2D eigenvalue weighted by Gasteiger charge is -2.37. The SMILES string of the molecule is Fc1cc(Br)cc2c1N[C@H](c1ccc(Cl)c(Cl)c1)[C@@H]1CC=C[C@@H]21. The van der Waals surface area contributed by atoms with E-state index >= 15 is 0 Å². The summed E-state index contributed by atoms with van der Waals surface area (Å²) >= 11 is 15.6. The van der Waals surface area contributed by atoms with E-state index in [1.165, 1.54) is 6.07 Å². The van der Waals surface area contributed by atoms with Gasteiger partial charge in [0.25, 0.3) is 0 Å². The van der Waals surface area contributed by atoms with Gasteiger partial charge in [0.05, 0.1) is 21.8 Å². The summed E-state index contributed by atoms with van der Waals surface area (Å²) in [5.41, 5.74) is 2.62. The zero-order chi connectivity index (χ0) is 16.1. The van der Waals surface area contributed by atoms with Crippen LogP contribution in [-0.2, 0) is 0 Å². The molecule has 0 amide bonds. The third-order valence-electron chi connectivity index (χ3n) is 4.69. The van der Waals surface area contributed by atoms with Crippen LogP contribution in [0.4, 0.5) is 10.1 Å². The lowest BCUT2D eigenvalue weighted by Crippen LogP contribution is -2.29. The second kappa shape index (κ2) is 5.80. The summed E-state index contributed by atoms with van der Waals surface area (Å²) in [6, 6.07) is 9.14. The van der Waals surface area contributed by atoms with Crippen LogP contribution in [0, 0.1) is 11.7 Å². The number of anilines is 1. The van der Waals surface area contributed by atoms with Crippen molar-refractivity contribution in [3.05, 3.63) is 73.9 Å². The van der Waals surface area contributed by atoms with Crippen LogP contribution in [0.1, 0.15) is 29.5 Å². The first-order chi connectivity index (χ1) is 11.0. The van der Waals surface area contributed by atoms with E-state index in [2.05, 4.69) is 33.4 Å². The molecular weight excluding hydrogens is 400 g/mol. The molecule has 0 bridgehead atoms. The number of allylic oxidation sites excluding steroid dienone is 2. The molecular formula is C18H13BrCl2FN. The molecule has 3 atom stereocenters. The Morgan fingerprint density at radius 1 is 1.13 bits per heavy atom. The Bertz CT molecular complexity index is 821. The predicted octanol–water partition coefficient (Wildman–Crippen LogP) is 6.72. The van der Waals surface area contributed by atoms with Crippen LogP contribution < -0.4 is 5.32 Å². The summed E-state index contributed by atoms with van der Waals surface area (Å²) in [6.45, 7) is 0. The quantitative estimate of drug-likeness (QED) is 0.512. The molecule has 0 saturated carbocycles. The number of halogens is 4. The molecule has 1 aliphatic carbocycles. The van der Waals surface area contributed by atoms with Crippen molar-refractivity contribution in [2.24, 2.45) is 5.92 Å². The summed E-state index contributed by atoms with van der Waals surface area (Å²) in [4.78, 5) is 0. The minimum atomic E-state index is -0.238. The number of fused-ring (bicyclic) bond motifs is 3. The third kappa shape index (κ3) is 2.59. The van der Waals surface area contributed by atoms with E-state index in [0.29, 0.717) is 21.7 Å². The molecule has 1 aliphatic heterocycles. The van der Waals surface area contributed by atoms with Gasteiger partial charge in [-0.25, -0.2) is 4.39 Å². The number of rotatable bonds is 1. The highest BCUT2D eigenvalue weighted by atomic mass is 79.9. The van der Waals surface area contributed by atoms with Crippen LogP contribution in [0.25, 0.3) is 0 Å². The van der Waals surface area contributed by atoms with Crippen molar-refractivity contribution in [2.45, 2.75) is 18.4 Å². The normalized spacial score (nSPS) is 25.0. The monoisotopic (exact) mass is 411 g/mol. The van der Waals surface area contributed by atoms with Gasteiger partial charge in [0, 0.05) is 10.4 Å². The Morgan fingerprint density at radius 2 is 1.96 bits per heavy atom. The summed E-state index contributed by atoms with van der Waals surface area (Å²) in [6.07, 6.45) is 5.31. The van der Waals surface area contributed by atoms with E-state index in [1.807, 2.05) is 18.2 Å². The van der Waals surface area contributed by atoms with Crippen molar-refractivity contribution in [1.82, 2.24) is 0 Å². The zero-order valence-corrected chi connectivity index (χ0v) is 15.1. The fourth-order valence-electron chi connectivity index (χ4n) is 3.66. The van der Waals surface area contributed by atoms with E-state index in [-0.39, 0.29) is 17.8 Å². The van der Waals surface area contributed by atoms with E-state index in [0.717, 1.165) is 22.0 Å². The van der Waals surface area contributed by atoms with Crippen LogP contribution in [0.15, 0.2) is 47.0 Å². The summed E-state index contributed by atoms with van der Waals surface area (Å²) in [5, 5.41) is 4.44. The van der Waals surface area contributed by atoms with Crippen molar-refractivity contribution in [2.75, 3.05) is 5.32 Å². The Labute approximate surface area is 152 Å². The van der Waals surface area contributed by atoms with Gasteiger partial charge in [0.1, 0.15) is 5.82 Å². The Hall–Kier alpha value is -1.03. The average Bonchev–Trinajstić information content (AvgIpc) is 2.99. The molecule has 0 spiro atoms. The molecule has 1 nitrogen and oxygen atoms in total. The van der Waals surface area contributed by atoms with Crippen molar-refractivity contribution in [3.63, 3.8) is 0 Å². The van der Waals surface area contributed by atoms with Crippen molar-refractivity contribution < 1.29 is 4.39 Å². The van der Waals surface area contributed by atoms with Gasteiger partial charge in [0.2, 0.25) is 0 Å². The molecule has 0 fully saturated rings. The van der Waals surface area contributed by atoms with Gasteiger partial charge < -0.3 is 5.32 Å². The first-order valence-corrected chi connectivity index (χ1v) is 8.96. The molecule has 1 heterocycles. The van der Waals surface area contributed by atoms with Gasteiger partial charge >= 0.3 is 0 Å². The molecule has 0 aromatic heterocycles. The first kappa shape index (κ1) is 15.5. The highest BCUT2D eigenvalue weighted by molar-refractivity contribution is 9.10. The molecule has 0 unspecified atom stereocenters. The summed E-state index contributed by atoms with van der Waals surface area (Å²) in [5.74, 6) is 0.310. The highest BCUT2D eigenvalue weighted by Crippen LogP contribution is 2.51. The Balaban J connectivity index is 1.82. The maximum Gasteiger partial charge on any atom is 0.147 e. The third-order valence-corrected chi connectivity index (χ3v) is 5.89. The van der Waals surface area contributed by atoms with Crippen LogP contribution in [0.5, 0.6) is 0 Å². The smallest absolute Gasteiger partial charge is 0.147 e. The fraction of sp³-hybridized carbons (Fsp3) is 0.222. The molecule has 23 heavy (non-hydrogen) atoms. The Morgan fingerprint density at radius 3 is 2.74 bits per heavy atom. The number of nitrogens with one attached hydrogen (secondary N) is 1. The van der Waals surface area contributed by atoms with E-state index in [4.69, 9.17) is 23.2 Å². The largest absolute Gasteiger partial charge is 0.375 e. The maximum absolute atomic E-state index is 14.5. The molecule has 2 aromatic rings. The number of hydrogen-bond acceptors (Lipinski definition) is 1. The lowest BCUT2D eigenvalue weighted by molar-refractivity contribution is 0.420. The predicted molar refractivity (Wildman–Crippen MR) is 96.9 cm³/mol. The minimum absolute atomic E-state index is 0.00735. The lowest BCUT2D eigenvalue weighted by atomic mass is 9.77. The van der Waals surface area contributed by atoms with Gasteiger partial charge in [-0.2, -0.15) is 0 Å². The molecule has 1 N–H and O–H groups in total. The van der Waals surface area contributed by atoms with Crippen LogP contribution in [0.3, 0.4) is 0 Å². The molecule has 118 valence electrons. The summed E-state index contributed by atoms with van der Waals surface area (Å²) in [7, 11) is 0. The standard InChI is InChI=1S/C18H13BrCl2FN/c19-10-7-13-11-2-1-3-12(11)17(23-18(13)16(22)8-10)9-4-5-14(20)15(21)6-9/h1-2,4-8,11-12,17,23H,3H2/t11-,12-,17-/m1/s1. The van der Waals surface area contributed by atoms with Crippen molar-refractivity contribution >= 4 is 44.8 Å². The fourth-order valence-corrected chi connectivity index (χ4v) is 4.41. The highest BCUT2D eigenvalue weighted by Gasteiger charge is 2.39. The van der Waals surface area contributed by atoms with E-state index in [1.54, 1.807) is 6.07 Å². The second-order valence-electron chi connectivity index (χ2n) is 6.00.